The highest BCUT2D eigenvalue weighted by Gasteiger charge is 2.27. The normalized spacial score (nSPS) is 12.5. The number of unbranched alkanes of at least 4 members (excludes halogenated alkanes) is 1. The van der Waals surface area contributed by atoms with Crippen LogP contribution in [0.2, 0.25) is 10.0 Å². The van der Waals surface area contributed by atoms with E-state index < -0.39 is 0 Å². The summed E-state index contributed by atoms with van der Waals surface area (Å²) >= 11 is 22.9. The van der Waals surface area contributed by atoms with Gasteiger partial charge < -0.3 is 21.3 Å². The van der Waals surface area contributed by atoms with Gasteiger partial charge in [0.15, 0.2) is 10.2 Å². The van der Waals surface area contributed by atoms with Crippen molar-refractivity contribution in [2.75, 3.05) is 23.7 Å². The largest absolute Gasteiger partial charge is 0.362 e. The minimum absolute atomic E-state index is 0.189. The van der Waals surface area contributed by atoms with Gasteiger partial charge in [0.25, 0.3) is 0 Å². The summed E-state index contributed by atoms with van der Waals surface area (Å²) in [6, 6.07) is 15.1. The third-order valence-electron chi connectivity index (χ3n) is 5.81. The molecule has 0 aromatic heterocycles. The summed E-state index contributed by atoms with van der Waals surface area (Å²) in [6.07, 6.45) is 6.77. The topological polar surface area (TPSA) is 48.1 Å². The van der Waals surface area contributed by atoms with Gasteiger partial charge in [-0.3, -0.25) is 0 Å². The summed E-state index contributed by atoms with van der Waals surface area (Å²) < 4.78 is 0. The Kier molecular flexibility index (Phi) is 12.2. The zero-order chi connectivity index (χ0) is 24.1. The SMILES string of the molecule is CCCCC(CC)(CCCNC(=S)Nc1ccc(Cl)cc1)CNC(=S)Nc1ccc(Cl)cc1. The highest BCUT2D eigenvalue weighted by atomic mass is 35.5. The van der Waals surface area contributed by atoms with Crippen LogP contribution in [0.15, 0.2) is 48.5 Å². The van der Waals surface area contributed by atoms with E-state index >= 15 is 0 Å². The van der Waals surface area contributed by atoms with E-state index in [9.17, 15) is 0 Å². The Labute approximate surface area is 219 Å². The number of benzene rings is 2. The first-order chi connectivity index (χ1) is 15.9. The van der Waals surface area contributed by atoms with Crippen molar-refractivity contribution in [3.63, 3.8) is 0 Å². The average molecular weight is 526 g/mol. The summed E-state index contributed by atoms with van der Waals surface area (Å²) in [4.78, 5) is 0. The van der Waals surface area contributed by atoms with Crippen LogP contribution >= 0.6 is 47.6 Å². The molecular formula is C25H34Cl2N4S2. The molecule has 0 fully saturated rings. The molecule has 2 rings (SSSR count). The van der Waals surface area contributed by atoms with Crippen LogP contribution in [-0.4, -0.2) is 23.3 Å². The average Bonchev–Trinajstić information content (AvgIpc) is 2.81. The molecule has 0 saturated carbocycles. The first-order valence-corrected chi connectivity index (χ1v) is 13.0. The van der Waals surface area contributed by atoms with Crippen molar-refractivity contribution in [3.8, 4) is 0 Å². The van der Waals surface area contributed by atoms with Crippen LogP contribution in [0.5, 0.6) is 0 Å². The number of hydrogen-bond donors (Lipinski definition) is 4. The molecule has 33 heavy (non-hydrogen) atoms. The molecule has 0 aliphatic heterocycles. The van der Waals surface area contributed by atoms with Crippen LogP contribution in [0.1, 0.15) is 52.4 Å². The molecule has 0 spiro atoms. The second-order valence-corrected chi connectivity index (χ2v) is 9.95. The minimum Gasteiger partial charge on any atom is -0.362 e. The lowest BCUT2D eigenvalue weighted by Gasteiger charge is -2.34. The molecule has 0 bridgehead atoms. The second-order valence-electron chi connectivity index (χ2n) is 8.26. The Bertz CT molecular complexity index is 875. The molecular weight excluding hydrogens is 491 g/mol. The summed E-state index contributed by atoms with van der Waals surface area (Å²) in [5.74, 6) is 0. The summed E-state index contributed by atoms with van der Waals surface area (Å²) in [6.45, 7) is 6.17. The standard InChI is InChI=1S/C25H34Cl2N4S2/c1-3-5-15-25(4-2,18-29-24(33)31-22-13-9-20(27)10-14-22)16-6-17-28-23(32)30-21-11-7-19(26)8-12-21/h7-14H,3-6,15-18H2,1-2H3,(H2,28,30,32)(H2,29,31,33). The van der Waals surface area contributed by atoms with Crippen molar-refractivity contribution in [3.05, 3.63) is 58.6 Å². The van der Waals surface area contributed by atoms with E-state index in [0.29, 0.717) is 20.3 Å². The molecule has 0 amide bonds. The van der Waals surface area contributed by atoms with Crippen molar-refractivity contribution in [1.82, 2.24) is 10.6 Å². The predicted molar refractivity (Wildman–Crippen MR) is 153 cm³/mol. The molecule has 0 radical (unpaired) electrons. The molecule has 0 heterocycles. The van der Waals surface area contributed by atoms with Gasteiger partial charge in [-0.25, -0.2) is 0 Å². The van der Waals surface area contributed by atoms with Gasteiger partial charge in [0.05, 0.1) is 0 Å². The number of rotatable bonds is 12. The van der Waals surface area contributed by atoms with E-state index in [2.05, 4.69) is 35.1 Å². The first-order valence-electron chi connectivity index (χ1n) is 11.5. The fraction of sp³-hybridized carbons (Fsp3) is 0.440. The Morgan fingerprint density at radius 2 is 1.24 bits per heavy atom. The van der Waals surface area contributed by atoms with Crippen molar-refractivity contribution >= 4 is 69.2 Å². The van der Waals surface area contributed by atoms with Crippen LogP contribution in [0.4, 0.5) is 11.4 Å². The van der Waals surface area contributed by atoms with E-state index in [1.165, 1.54) is 19.3 Å². The van der Waals surface area contributed by atoms with Crippen LogP contribution in [0.3, 0.4) is 0 Å². The molecule has 2 aromatic carbocycles. The number of thiocarbonyl (C=S) groups is 2. The lowest BCUT2D eigenvalue weighted by Crippen LogP contribution is -2.40. The van der Waals surface area contributed by atoms with Crippen molar-refractivity contribution < 1.29 is 0 Å². The molecule has 1 atom stereocenters. The summed E-state index contributed by atoms with van der Waals surface area (Å²) in [5, 5.41) is 15.9. The molecule has 8 heteroatoms. The predicted octanol–water partition coefficient (Wildman–Crippen LogP) is 7.63. The molecule has 0 aliphatic carbocycles. The lowest BCUT2D eigenvalue weighted by atomic mass is 9.76. The van der Waals surface area contributed by atoms with Gasteiger partial charge in [0.1, 0.15) is 0 Å². The van der Waals surface area contributed by atoms with Gasteiger partial charge in [-0.15, -0.1) is 0 Å². The molecule has 180 valence electrons. The number of hydrogen-bond acceptors (Lipinski definition) is 2. The van der Waals surface area contributed by atoms with E-state index in [1.54, 1.807) is 0 Å². The lowest BCUT2D eigenvalue weighted by molar-refractivity contribution is 0.218. The molecule has 0 saturated heterocycles. The molecule has 4 nitrogen and oxygen atoms in total. The van der Waals surface area contributed by atoms with Crippen molar-refractivity contribution in [2.24, 2.45) is 5.41 Å². The summed E-state index contributed by atoms with van der Waals surface area (Å²) in [5.41, 5.74) is 2.04. The second kappa shape index (κ2) is 14.6. The van der Waals surface area contributed by atoms with Gasteiger partial charge in [0.2, 0.25) is 0 Å². The first kappa shape index (κ1) is 27.6. The van der Waals surface area contributed by atoms with E-state index in [1.807, 2.05) is 48.5 Å². The van der Waals surface area contributed by atoms with Crippen molar-refractivity contribution in [2.45, 2.75) is 52.4 Å². The zero-order valence-corrected chi connectivity index (χ0v) is 22.5. The number of nitrogens with one attached hydrogen (secondary N) is 4. The molecule has 4 N–H and O–H groups in total. The fourth-order valence-electron chi connectivity index (χ4n) is 3.68. The van der Waals surface area contributed by atoms with E-state index in [-0.39, 0.29) is 5.41 Å². The van der Waals surface area contributed by atoms with Gasteiger partial charge >= 0.3 is 0 Å². The zero-order valence-electron chi connectivity index (χ0n) is 19.3. The van der Waals surface area contributed by atoms with Crippen molar-refractivity contribution in [1.29, 1.82) is 0 Å². The monoisotopic (exact) mass is 524 g/mol. The maximum absolute atomic E-state index is 5.96. The smallest absolute Gasteiger partial charge is 0.170 e. The van der Waals surface area contributed by atoms with E-state index in [0.717, 1.165) is 43.7 Å². The molecule has 0 aliphatic rings. The maximum Gasteiger partial charge on any atom is 0.170 e. The maximum atomic E-state index is 5.96. The summed E-state index contributed by atoms with van der Waals surface area (Å²) in [7, 11) is 0. The van der Waals surface area contributed by atoms with E-state index in [4.69, 9.17) is 47.6 Å². The number of anilines is 2. The highest BCUT2D eigenvalue weighted by Crippen LogP contribution is 2.33. The van der Waals surface area contributed by atoms with Gasteiger partial charge in [-0.1, -0.05) is 49.9 Å². The third-order valence-corrected chi connectivity index (χ3v) is 6.80. The Hall–Kier alpha value is -1.60. The third kappa shape index (κ3) is 10.5. The Morgan fingerprint density at radius 3 is 1.73 bits per heavy atom. The Balaban J connectivity index is 1.82. The minimum atomic E-state index is 0.189. The highest BCUT2D eigenvalue weighted by molar-refractivity contribution is 7.80. The quantitative estimate of drug-likeness (QED) is 0.169. The van der Waals surface area contributed by atoms with Gasteiger partial charge in [-0.2, -0.15) is 0 Å². The number of halogens is 2. The van der Waals surface area contributed by atoms with Crippen LogP contribution in [0.25, 0.3) is 0 Å². The Morgan fingerprint density at radius 1 is 0.758 bits per heavy atom. The van der Waals surface area contributed by atoms with Crippen LogP contribution in [0, 0.1) is 5.41 Å². The van der Waals surface area contributed by atoms with Crippen LogP contribution < -0.4 is 21.3 Å². The molecule has 2 aromatic rings. The molecule has 1 unspecified atom stereocenters. The van der Waals surface area contributed by atoms with Gasteiger partial charge in [-0.05, 0) is 104 Å². The van der Waals surface area contributed by atoms with Gasteiger partial charge in [0, 0.05) is 34.5 Å². The van der Waals surface area contributed by atoms with Crippen LogP contribution in [-0.2, 0) is 0 Å². The fourth-order valence-corrected chi connectivity index (χ4v) is 4.34.